The molecule has 2 aromatic carbocycles. The summed E-state index contributed by atoms with van der Waals surface area (Å²) in [6, 6.07) is 8.56. The maximum absolute atomic E-state index is 13.5. The molecule has 2 nitrogen and oxygen atoms in total. The SMILES string of the molecule is COc1ccc(Cl)cc1NCc1ccc(F)cc1F. The van der Waals surface area contributed by atoms with E-state index in [9.17, 15) is 8.78 Å². The van der Waals surface area contributed by atoms with E-state index in [2.05, 4.69) is 5.32 Å². The van der Waals surface area contributed by atoms with Crippen LogP contribution in [0, 0.1) is 11.6 Å². The number of rotatable bonds is 4. The maximum Gasteiger partial charge on any atom is 0.142 e. The highest BCUT2D eigenvalue weighted by Gasteiger charge is 2.06. The molecule has 5 heteroatoms. The second-order valence-corrected chi connectivity index (χ2v) is 4.37. The highest BCUT2D eigenvalue weighted by molar-refractivity contribution is 6.30. The van der Waals surface area contributed by atoms with Crippen LogP contribution in [-0.4, -0.2) is 7.11 Å². The van der Waals surface area contributed by atoms with Gasteiger partial charge in [0, 0.05) is 23.2 Å². The molecule has 0 aromatic heterocycles. The smallest absolute Gasteiger partial charge is 0.142 e. The second kappa shape index (κ2) is 5.89. The number of methoxy groups -OCH3 is 1. The number of anilines is 1. The fourth-order valence-electron chi connectivity index (χ4n) is 1.67. The molecule has 100 valence electrons. The molecule has 0 heterocycles. The molecule has 1 N–H and O–H groups in total. The van der Waals surface area contributed by atoms with E-state index in [0.29, 0.717) is 22.0 Å². The van der Waals surface area contributed by atoms with Gasteiger partial charge in [0.15, 0.2) is 0 Å². The van der Waals surface area contributed by atoms with Gasteiger partial charge in [0.1, 0.15) is 17.4 Å². The van der Waals surface area contributed by atoms with Crippen LogP contribution in [0.25, 0.3) is 0 Å². The molecule has 0 saturated carbocycles. The van der Waals surface area contributed by atoms with Gasteiger partial charge in [0.2, 0.25) is 0 Å². The molecule has 0 aliphatic carbocycles. The average molecular weight is 284 g/mol. The van der Waals surface area contributed by atoms with Crippen molar-refractivity contribution in [2.45, 2.75) is 6.54 Å². The quantitative estimate of drug-likeness (QED) is 0.906. The average Bonchev–Trinajstić information content (AvgIpc) is 2.38. The predicted molar refractivity (Wildman–Crippen MR) is 71.7 cm³/mol. The van der Waals surface area contributed by atoms with E-state index < -0.39 is 11.6 Å². The minimum absolute atomic E-state index is 0.211. The molecule has 0 radical (unpaired) electrons. The summed E-state index contributed by atoms with van der Waals surface area (Å²) >= 11 is 5.89. The minimum Gasteiger partial charge on any atom is -0.495 e. The van der Waals surface area contributed by atoms with Crippen molar-refractivity contribution in [3.8, 4) is 5.75 Å². The van der Waals surface area contributed by atoms with E-state index in [1.165, 1.54) is 19.2 Å². The molecule has 0 bridgehead atoms. The molecule has 2 rings (SSSR count). The van der Waals surface area contributed by atoms with Gasteiger partial charge in [-0.05, 0) is 24.3 Å². The summed E-state index contributed by atoms with van der Waals surface area (Å²) in [6.45, 7) is 0.211. The summed E-state index contributed by atoms with van der Waals surface area (Å²) in [4.78, 5) is 0. The molecule has 0 aliphatic rings. The minimum atomic E-state index is -0.596. The normalized spacial score (nSPS) is 10.3. The van der Waals surface area contributed by atoms with Gasteiger partial charge in [-0.2, -0.15) is 0 Å². The number of hydrogen-bond acceptors (Lipinski definition) is 2. The fourth-order valence-corrected chi connectivity index (χ4v) is 1.85. The van der Waals surface area contributed by atoms with Gasteiger partial charge in [-0.1, -0.05) is 17.7 Å². The monoisotopic (exact) mass is 283 g/mol. The third kappa shape index (κ3) is 3.35. The number of benzene rings is 2. The molecule has 19 heavy (non-hydrogen) atoms. The molecular formula is C14H12ClF2NO. The van der Waals surface area contributed by atoms with Crippen molar-refractivity contribution in [3.63, 3.8) is 0 Å². The van der Waals surface area contributed by atoms with Crippen molar-refractivity contribution < 1.29 is 13.5 Å². The van der Waals surface area contributed by atoms with E-state index in [1.54, 1.807) is 18.2 Å². The highest BCUT2D eigenvalue weighted by Crippen LogP contribution is 2.28. The van der Waals surface area contributed by atoms with E-state index in [-0.39, 0.29) is 6.54 Å². The van der Waals surface area contributed by atoms with Gasteiger partial charge < -0.3 is 10.1 Å². The third-order valence-corrected chi connectivity index (χ3v) is 2.88. The molecule has 2 aromatic rings. The van der Waals surface area contributed by atoms with Crippen molar-refractivity contribution in [1.82, 2.24) is 0 Å². The third-order valence-electron chi connectivity index (χ3n) is 2.65. The van der Waals surface area contributed by atoms with Crippen LogP contribution in [0.15, 0.2) is 36.4 Å². The molecule has 0 unspecified atom stereocenters. The first-order chi connectivity index (χ1) is 9.10. The van der Waals surface area contributed by atoms with Crippen molar-refractivity contribution in [2.24, 2.45) is 0 Å². The lowest BCUT2D eigenvalue weighted by Crippen LogP contribution is -2.03. The second-order valence-electron chi connectivity index (χ2n) is 3.93. The summed E-state index contributed by atoms with van der Waals surface area (Å²) in [5.74, 6) is -0.581. The highest BCUT2D eigenvalue weighted by atomic mass is 35.5. The zero-order valence-corrected chi connectivity index (χ0v) is 11.0. The lowest BCUT2D eigenvalue weighted by atomic mass is 10.2. The Hall–Kier alpha value is -1.81. The van der Waals surface area contributed by atoms with Crippen LogP contribution in [0.5, 0.6) is 5.75 Å². The first kappa shape index (κ1) is 13.6. The Morgan fingerprint density at radius 3 is 2.63 bits per heavy atom. The van der Waals surface area contributed by atoms with Crippen molar-refractivity contribution in [2.75, 3.05) is 12.4 Å². The zero-order valence-electron chi connectivity index (χ0n) is 10.2. The molecule has 0 atom stereocenters. The first-order valence-corrected chi connectivity index (χ1v) is 5.99. The van der Waals surface area contributed by atoms with Crippen LogP contribution < -0.4 is 10.1 Å². The maximum atomic E-state index is 13.5. The van der Waals surface area contributed by atoms with Crippen LogP contribution in [0.4, 0.5) is 14.5 Å². The topological polar surface area (TPSA) is 21.3 Å². The predicted octanol–water partition coefficient (Wildman–Crippen LogP) is 4.24. The Bertz CT molecular complexity index is 590. The van der Waals surface area contributed by atoms with E-state index in [0.717, 1.165) is 6.07 Å². The Morgan fingerprint density at radius 1 is 1.16 bits per heavy atom. The number of nitrogens with one attached hydrogen (secondary N) is 1. The number of ether oxygens (including phenoxy) is 1. The Kier molecular flexibility index (Phi) is 4.22. The molecule has 0 amide bonds. The van der Waals surface area contributed by atoms with E-state index in [1.807, 2.05) is 0 Å². The van der Waals surface area contributed by atoms with Gasteiger partial charge >= 0.3 is 0 Å². The van der Waals surface area contributed by atoms with Gasteiger partial charge in [0.05, 0.1) is 12.8 Å². The van der Waals surface area contributed by atoms with Crippen LogP contribution in [-0.2, 0) is 6.54 Å². The van der Waals surface area contributed by atoms with Gasteiger partial charge in [-0.3, -0.25) is 0 Å². The number of halogens is 3. The fraction of sp³-hybridized carbons (Fsp3) is 0.143. The Morgan fingerprint density at radius 2 is 1.95 bits per heavy atom. The Labute approximate surface area is 115 Å². The Balaban J connectivity index is 2.16. The van der Waals surface area contributed by atoms with Gasteiger partial charge in [-0.25, -0.2) is 8.78 Å². The first-order valence-electron chi connectivity index (χ1n) is 5.61. The lowest BCUT2D eigenvalue weighted by molar-refractivity contribution is 0.416. The zero-order chi connectivity index (χ0) is 13.8. The van der Waals surface area contributed by atoms with Crippen LogP contribution in [0.1, 0.15) is 5.56 Å². The van der Waals surface area contributed by atoms with Gasteiger partial charge in [0.25, 0.3) is 0 Å². The molecular weight excluding hydrogens is 272 g/mol. The van der Waals surface area contributed by atoms with Crippen molar-refractivity contribution in [1.29, 1.82) is 0 Å². The van der Waals surface area contributed by atoms with E-state index >= 15 is 0 Å². The number of hydrogen-bond donors (Lipinski definition) is 1. The summed E-state index contributed by atoms with van der Waals surface area (Å²) < 4.78 is 31.4. The largest absolute Gasteiger partial charge is 0.495 e. The van der Waals surface area contributed by atoms with Crippen molar-refractivity contribution >= 4 is 17.3 Å². The lowest BCUT2D eigenvalue weighted by Gasteiger charge is -2.12. The molecule has 0 fully saturated rings. The van der Waals surface area contributed by atoms with Crippen LogP contribution in [0.2, 0.25) is 5.02 Å². The summed E-state index contributed by atoms with van der Waals surface area (Å²) in [6.07, 6.45) is 0. The molecule has 0 spiro atoms. The van der Waals surface area contributed by atoms with Crippen LogP contribution >= 0.6 is 11.6 Å². The summed E-state index contributed by atoms with van der Waals surface area (Å²) in [5, 5.41) is 3.55. The van der Waals surface area contributed by atoms with E-state index in [4.69, 9.17) is 16.3 Å². The molecule has 0 saturated heterocycles. The summed E-state index contributed by atoms with van der Waals surface area (Å²) in [7, 11) is 1.53. The standard InChI is InChI=1S/C14H12ClF2NO/c1-19-14-5-3-10(15)6-13(14)18-8-9-2-4-11(16)7-12(9)17/h2-7,18H,8H2,1H3. The van der Waals surface area contributed by atoms with Crippen molar-refractivity contribution in [3.05, 3.63) is 58.6 Å². The van der Waals surface area contributed by atoms with Gasteiger partial charge in [-0.15, -0.1) is 0 Å². The summed E-state index contributed by atoms with van der Waals surface area (Å²) in [5.41, 5.74) is 1.02. The molecule has 0 aliphatic heterocycles. The van der Waals surface area contributed by atoms with Crippen LogP contribution in [0.3, 0.4) is 0 Å².